The molecule has 2 aliphatic heterocycles. The maximum absolute atomic E-state index is 6.11. The fraction of sp³-hybridized carbons (Fsp3) is 0.800. The molecule has 7 nitrogen and oxygen atoms in total. The van der Waals surface area contributed by atoms with E-state index in [1.807, 2.05) is 12.4 Å². The summed E-state index contributed by atoms with van der Waals surface area (Å²) in [4.78, 5) is 14.1. The monoisotopic (exact) mass is 389 g/mol. The van der Waals surface area contributed by atoms with Crippen molar-refractivity contribution in [3.8, 4) is 0 Å². The topological polar surface area (TPSA) is 76.7 Å². The van der Waals surface area contributed by atoms with Crippen LogP contribution in [0.2, 0.25) is 0 Å². The van der Waals surface area contributed by atoms with Gasteiger partial charge in [0.05, 0.1) is 11.2 Å². The zero-order valence-electron chi connectivity index (χ0n) is 18.3. The average Bonchev–Trinajstić information content (AvgIpc) is 3.14. The van der Waals surface area contributed by atoms with Crippen LogP contribution in [-0.4, -0.2) is 71.5 Å². The van der Waals surface area contributed by atoms with Gasteiger partial charge in [0.15, 0.2) is 0 Å². The summed E-state index contributed by atoms with van der Waals surface area (Å²) >= 11 is 0. The zero-order chi connectivity index (χ0) is 20.5. The number of nitrogens with two attached hydrogens (primary N) is 1. The highest BCUT2D eigenvalue weighted by Gasteiger charge is 2.52. The lowest BCUT2D eigenvalue weighted by Gasteiger charge is -2.33. The van der Waals surface area contributed by atoms with Crippen LogP contribution in [0, 0.1) is 0 Å². The first-order valence-corrected chi connectivity index (χ1v) is 10.5. The molecular weight excluding hydrogens is 353 g/mol. The molecule has 0 spiro atoms. The Hall–Kier alpha value is -1.22. The Labute approximate surface area is 170 Å². The summed E-state index contributed by atoms with van der Waals surface area (Å²) < 4.78 is 12.2. The zero-order valence-corrected chi connectivity index (χ0v) is 18.3. The summed E-state index contributed by atoms with van der Waals surface area (Å²) in [6.07, 6.45) is 6.12. The quantitative estimate of drug-likeness (QED) is 0.707. The fourth-order valence-corrected chi connectivity index (χ4v) is 3.89. The highest BCUT2D eigenvalue weighted by molar-refractivity contribution is 6.61. The molecule has 156 valence electrons. The Morgan fingerprint density at radius 1 is 1.21 bits per heavy atom. The molecule has 0 radical (unpaired) electrons. The van der Waals surface area contributed by atoms with Crippen molar-refractivity contribution >= 4 is 18.5 Å². The number of nitrogens with zero attached hydrogens (tertiary/aromatic N) is 4. The van der Waals surface area contributed by atoms with Gasteiger partial charge in [-0.15, -0.1) is 0 Å². The molecule has 8 heteroatoms. The van der Waals surface area contributed by atoms with Crippen molar-refractivity contribution in [2.45, 2.75) is 77.7 Å². The third-order valence-electron chi connectivity index (χ3n) is 6.39. The smallest absolute Gasteiger partial charge is 0.399 e. The van der Waals surface area contributed by atoms with Gasteiger partial charge >= 0.3 is 7.12 Å². The predicted octanol–water partition coefficient (Wildman–Crippen LogP) is 1.41. The maximum Gasteiger partial charge on any atom is 0.498 e. The molecular formula is C20H36BN5O2. The highest BCUT2D eigenvalue weighted by atomic mass is 16.7. The van der Waals surface area contributed by atoms with Gasteiger partial charge in [-0.2, -0.15) is 0 Å². The Kier molecular flexibility index (Phi) is 6.34. The van der Waals surface area contributed by atoms with Crippen molar-refractivity contribution in [2.24, 2.45) is 5.73 Å². The molecule has 3 rings (SSSR count). The van der Waals surface area contributed by atoms with E-state index in [1.54, 1.807) is 0 Å². The molecule has 0 amide bonds. The van der Waals surface area contributed by atoms with Crippen molar-refractivity contribution in [3.63, 3.8) is 0 Å². The summed E-state index contributed by atoms with van der Waals surface area (Å²) in [6, 6.07) is 0.834. The molecule has 2 N–H and O–H groups in total. The van der Waals surface area contributed by atoms with Crippen molar-refractivity contribution < 1.29 is 9.31 Å². The van der Waals surface area contributed by atoms with Crippen LogP contribution in [-0.2, 0) is 9.31 Å². The van der Waals surface area contributed by atoms with Gasteiger partial charge in [-0.25, -0.2) is 9.97 Å². The number of anilines is 1. The summed E-state index contributed by atoms with van der Waals surface area (Å²) in [5.74, 6) is 0.759. The van der Waals surface area contributed by atoms with Crippen LogP contribution in [0.5, 0.6) is 0 Å². The minimum Gasteiger partial charge on any atom is -0.399 e. The third-order valence-corrected chi connectivity index (χ3v) is 6.39. The second kappa shape index (κ2) is 8.26. The van der Waals surface area contributed by atoms with Crippen LogP contribution in [0.25, 0.3) is 0 Å². The molecule has 3 heterocycles. The van der Waals surface area contributed by atoms with Crippen LogP contribution in [0.4, 0.5) is 5.95 Å². The van der Waals surface area contributed by atoms with Gasteiger partial charge in [0, 0.05) is 49.6 Å². The lowest BCUT2D eigenvalue weighted by molar-refractivity contribution is 0.00578. The molecule has 0 saturated carbocycles. The molecule has 0 unspecified atom stereocenters. The molecule has 0 bridgehead atoms. The van der Waals surface area contributed by atoms with Crippen LogP contribution in [0.15, 0.2) is 12.4 Å². The number of hydrogen-bond donors (Lipinski definition) is 1. The molecule has 2 aliphatic rings. The summed E-state index contributed by atoms with van der Waals surface area (Å²) in [7, 11) is -0.429. The first-order valence-electron chi connectivity index (χ1n) is 10.5. The van der Waals surface area contributed by atoms with Gasteiger partial charge < -0.3 is 19.9 Å². The van der Waals surface area contributed by atoms with Gasteiger partial charge in [-0.3, -0.25) is 4.90 Å². The summed E-state index contributed by atoms with van der Waals surface area (Å²) in [5.41, 5.74) is 5.91. The minimum atomic E-state index is -0.429. The van der Waals surface area contributed by atoms with Crippen molar-refractivity contribution in [2.75, 3.05) is 31.1 Å². The van der Waals surface area contributed by atoms with E-state index >= 15 is 0 Å². The van der Waals surface area contributed by atoms with Crippen LogP contribution in [0.1, 0.15) is 54.4 Å². The Morgan fingerprint density at radius 2 is 1.82 bits per heavy atom. The van der Waals surface area contributed by atoms with E-state index in [9.17, 15) is 0 Å². The van der Waals surface area contributed by atoms with Gasteiger partial charge in [-0.1, -0.05) is 0 Å². The lowest BCUT2D eigenvalue weighted by Crippen LogP contribution is -2.45. The molecule has 0 aromatic carbocycles. The molecule has 1 aromatic rings. The van der Waals surface area contributed by atoms with Crippen molar-refractivity contribution in [1.82, 2.24) is 14.9 Å². The first-order chi connectivity index (χ1) is 13.1. The predicted molar refractivity (Wildman–Crippen MR) is 114 cm³/mol. The SMILES string of the molecule is CC(C)N(C[C@H]1CCCN1CCN)c1ncc(B2OC(C)(C)C(C)(C)O2)cn1. The van der Waals surface area contributed by atoms with Crippen LogP contribution in [0.3, 0.4) is 0 Å². The molecule has 1 aromatic heterocycles. The van der Waals surface area contributed by atoms with Crippen LogP contribution >= 0.6 is 0 Å². The van der Waals surface area contributed by atoms with E-state index in [0.717, 1.165) is 31.0 Å². The molecule has 1 atom stereocenters. The number of rotatable bonds is 7. The van der Waals surface area contributed by atoms with Gasteiger partial charge in [0.2, 0.25) is 5.95 Å². The van der Waals surface area contributed by atoms with Crippen molar-refractivity contribution in [1.29, 1.82) is 0 Å². The standard InChI is InChI=1S/C20H36BN5O2/c1-15(2)26(14-17-8-7-10-25(17)11-9-22)18-23-12-16(13-24-18)21-27-19(3,4)20(5,6)28-21/h12-13,15,17H,7-11,14,22H2,1-6H3/t17-/m1/s1. The molecule has 28 heavy (non-hydrogen) atoms. The first kappa shape index (κ1) is 21.5. The second-order valence-corrected chi connectivity index (χ2v) is 9.27. The molecule has 2 saturated heterocycles. The largest absolute Gasteiger partial charge is 0.498 e. The van der Waals surface area contributed by atoms with Crippen molar-refractivity contribution in [3.05, 3.63) is 12.4 Å². The third kappa shape index (κ3) is 4.35. The average molecular weight is 389 g/mol. The Morgan fingerprint density at radius 3 is 2.36 bits per heavy atom. The fourth-order valence-electron chi connectivity index (χ4n) is 3.89. The Bertz CT molecular complexity index is 637. The number of hydrogen-bond acceptors (Lipinski definition) is 7. The normalized spacial score (nSPS) is 24.3. The van der Waals surface area contributed by atoms with E-state index in [1.165, 1.54) is 12.8 Å². The second-order valence-electron chi connectivity index (χ2n) is 9.27. The number of aromatic nitrogens is 2. The molecule has 0 aliphatic carbocycles. The summed E-state index contributed by atoms with van der Waals surface area (Å²) in [5, 5.41) is 0. The van der Waals surface area contributed by atoms with E-state index < -0.39 is 7.12 Å². The highest BCUT2D eigenvalue weighted by Crippen LogP contribution is 2.36. The maximum atomic E-state index is 6.11. The van der Waals surface area contributed by atoms with E-state index in [0.29, 0.717) is 18.6 Å². The Balaban J connectivity index is 1.71. The molecule has 2 fully saturated rings. The van der Waals surface area contributed by atoms with E-state index in [-0.39, 0.29) is 11.2 Å². The van der Waals surface area contributed by atoms with Crippen LogP contribution < -0.4 is 16.1 Å². The van der Waals surface area contributed by atoms with E-state index in [4.69, 9.17) is 15.0 Å². The van der Waals surface area contributed by atoms with Gasteiger partial charge in [0.1, 0.15) is 0 Å². The van der Waals surface area contributed by atoms with E-state index in [2.05, 4.69) is 61.3 Å². The lowest BCUT2D eigenvalue weighted by atomic mass is 9.81. The summed E-state index contributed by atoms with van der Waals surface area (Å²) in [6.45, 7) is 16.3. The van der Waals surface area contributed by atoms with Gasteiger partial charge in [-0.05, 0) is 60.9 Å². The number of likely N-dealkylation sites (tertiary alicyclic amines) is 1. The minimum absolute atomic E-state index is 0.322. The van der Waals surface area contributed by atoms with Gasteiger partial charge in [0.25, 0.3) is 0 Å².